The van der Waals surface area contributed by atoms with E-state index in [9.17, 15) is 24.0 Å². The van der Waals surface area contributed by atoms with Crippen molar-refractivity contribution in [1.82, 2.24) is 4.90 Å². The first-order valence-corrected chi connectivity index (χ1v) is 9.25. The molecule has 0 saturated carbocycles. The van der Waals surface area contributed by atoms with Crippen LogP contribution in [0.15, 0.2) is 55.1 Å². The lowest BCUT2D eigenvalue weighted by molar-refractivity contribution is -0.123. The van der Waals surface area contributed by atoms with E-state index in [1.54, 1.807) is 0 Å². The molecule has 0 spiro atoms. The molecule has 2 aromatic rings. The topological polar surface area (TPSA) is 136 Å². The molecule has 3 N–H and O–H groups in total. The van der Waals surface area contributed by atoms with Gasteiger partial charge in [0.05, 0.1) is 16.7 Å². The maximum absolute atomic E-state index is 12.4. The summed E-state index contributed by atoms with van der Waals surface area (Å²) >= 11 is 0. The fraction of sp³-hybridized carbons (Fsp3) is 0.136. The Labute approximate surface area is 177 Å². The number of benzene rings is 2. The number of hydrogen-bond donors (Lipinski definition) is 2. The molecule has 31 heavy (non-hydrogen) atoms. The van der Waals surface area contributed by atoms with Crippen molar-refractivity contribution in [3.8, 4) is 0 Å². The number of nitrogens with one attached hydrogen (secondary N) is 1. The quantitative estimate of drug-likeness (QED) is 0.397. The van der Waals surface area contributed by atoms with Crippen LogP contribution in [-0.2, 0) is 9.53 Å². The van der Waals surface area contributed by atoms with Crippen LogP contribution in [0, 0.1) is 0 Å². The van der Waals surface area contributed by atoms with Gasteiger partial charge in [0, 0.05) is 17.8 Å². The Morgan fingerprint density at radius 2 is 1.68 bits per heavy atom. The Morgan fingerprint density at radius 3 is 2.29 bits per heavy atom. The summed E-state index contributed by atoms with van der Waals surface area (Å²) in [6, 6.07) is 9.89. The second-order valence-electron chi connectivity index (χ2n) is 6.75. The molecule has 0 bridgehead atoms. The first-order chi connectivity index (χ1) is 14.7. The lowest BCUT2D eigenvalue weighted by Gasteiger charge is -2.14. The second-order valence-corrected chi connectivity index (χ2v) is 6.75. The SMILES string of the molecule is C=CCN1C(=O)c2ccc(C(=O)O[C@H](C)C(=O)Nc3ccc(C(N)=O)cc3)cc2C1=O. The van der Waals surface area contributed by atoms with Crippen LogP contribution < -0.4 is 11.1 Å². The Balaban J connectivity index is 1.67. The van der Waals surface area contributed by atoms with Crippen LogP contribution in [0.1, 0.15) is 48.4 Å². The number of nitrogens with zero attached hydrogens (tertiary/aromatic N) is 1. The minimum atomic E-state index is -1.15. The van der Waals surface area contributed by atoms with E-state index in [1.807, 2.05) is 0 Å². The zero-order chi connectivity index (χ0) is 22.7. The normalized spacial score (nSPS) is 13.4. The minimum Gasteiger partial charge on any atom is -0.449 e. The lowest BCUT2D eigenvalue weighted by atomic mass is 10.1. The van der Waals surface area contributed by atoms with Gasteiger partial charge < -0.3 is 15.8 Å². The third-order valence-electron chi connectivity index (χ3n) is 4.61. The van der Waals surface area contributed by atoms with Crippen molar-refractivity contribution in [2.75, 3.05) is 11.9 Å². The van der Waals surface area contributed by atoms with E-state index in [-0.39, 0.29) is 28.8 Å². The van der Waals surface area contributed by atoms with Crippen LogP contribution in [0.4, 0.5) is 5.69 Å². The highest BCUT2D eigenvalue weighted by molar-refractivity contribution is 6.22. The molecule has 3 rings (SSSR count). The van der Waals surface area contributed by atoms with Gasteiger partial charge in [-0.3, -0.25) is 24.1 Å². The minimum absolute atomic E-state index is 0.0332. The Kier molecular flexibility index (Phi) is 5.96. The first kappa shape index (κ1) is 21.4. The molecule has 9 nitrogen and oxygen atoms in total. The van der Waals surface area contributed by atoms with Crippen molar-refractivity contribution in [2.24, 2.45) is 5.73 Å². The molecule has 158 valence electrons. The summed E-state index contributed by atoms with van der Waals surface area (Å²) in [5.41, 5.74) is 6.15. The number of nitrogens with two attached hydrogens (primary N) is 1. The second kappa shape index (κ2) is 8.62. The van der Waals surface area contributed by atoms with Crippen molar-refractivity contribution in [1.29, 1.82) is 0 Å². The average molecular weight is 421 g/mol. The van der Waals surface area contributed by atoms with Gasteiger partial charge in [0.2, 0.25) is 5.91 Å². The molecule has 0 unspecified atom stereocenters. The third kappa shape index (κ3) is 4.35. The summed E-state index contributed by atoms with van der Waals surface area (Å²) in [6.07, 6.45) is 0.282. The number of primary amides is 1. The highest BCUT2D eigenvalue weighted by Crippen LogP contribution is 2.24. The van der Waals surface area contributed by atoms with Crippen molar-refractivity contribution < 1.29 is 28.7 Å². The monoisotopic (exact) mass is 421 g/mol. The van der Waals surface area contributed by atoms with Crippen molar-refractivity contribution in [3.05, 3.63) is 77.4 Å². The molecule has 1 heterocycles. The van der Waals surface area contributed by atoms with Crippen molar-refractivity contribution >= 4 is 35.3 Å². The predicted octanol–water partition coefficient (Wildman–Crippen LogP) is 1.75. The van der Waals surface area contributed by atoms with E-state index < -0.39 is 35.7 Å². The number of imide groups is 1. The van der Waals surface area contributed by atoms with Crippen molar-refractivity contribution in [3.63, 3.8) is 0 Å². The Morgan fingerprint density at radius 1 is 1.06 bits per heavy atom. The van der Waals surface area contributed by atoms with E-state index in [0.717, 1.165) is 4.90 Å². The van der Waals surface area contributed by atoms with E-state index in [1.165, 1.54) is 55.5 Å². The van der Waals surface area contributed by atoms with Gasteiger partial charge in [0.25, 0.3) is 17.7 Å². The van der Waals surface area contributed by atoms with Crippen LogP contribution in [0.25, 0.3) is 0 Å². The highest BCUT2D eigenvalue weighted by atomic mass is 16.5. The van der Waals surface area contributed by atoms with Crippen LogP contribution in [0.5, 0.6) is 0 Å². The van der Waals surface area contributed by atoms with Gasteiger partial charge >= 0.3 is 5.97 Å². The fourth-order valence-electron chi connectivity index (χ4n) is 2.96. The summed E-state index contributed by atoms with van der Waals surface area (Å²) in [5, 5.41) is 2.56. The van der Waals surface area contributed by atoms with E-state index in [4.69, 9.17) is 10.5 Å². The van der Waals surface area contributed by atoms with Crippen LogP contribution in [0.3, 0.4) is 0 Å². The Bertz CT molecular complexity index is 1110. The average Bonchev–Trinajstić information content (AvgIpc) is 2.98. The number of fused-ring (bicyclic) bond motifs is 1. The van der Waals surface area contributed by atoms with Crippen LogP contribution in [-0.4, -0.2) is 47.1 Å². The largest absolute Gasteiger partial charge is 0.449 e. The highest BCUT2D eigenvalue weighted by Gasteiger charge is 2.35. The number of anilines is 1. The zero-order valence-electron chi connectivity index (χ0n) is 16.6. The first-order valence-electron chi connectivity index (χ1n) is 9.25. The van der Waals surface area contributed by atoms with Crippen LogP contribution >= 0.6 is 0 Å². The van der Waals surface area contributed by atoms with Gasteiger partial charge in [-0.15, -0.1) is 6.58 Å². The molecule has 1 aliphatic rings. The number of amides is 4. The van der Waals surface area contributed by atoms with E-state index in [2.05, 4.69) is 11.9 Å². The Hall–Kier alpha value is -4.27. The molecule has 1 aliphatic heterocycles. The van der Waals surface area contributed by atoms with Crippen LogP contribution in [0.2, 0.25) is 0 Å². The molecule has 0 aromatic heterocycles. The van der Waals surface area contributed by atoms with Gasteiger partial charge in [-0.25, -0.2) is 4.79 Å². The molecular weight excluding hydrogens is 402 g/mol. The number of carbonyl (C=O) groups excluding carboxylic acids is 5. The van der Waals surface area contributed by atoms with Gasteiger partial charge in [-0.1, -0.05) is 6.08 Å². The van der Waals surface area contributed by atoms with Gasteiger partial charge in [0.1, 0.15) is 0 Å². The molecule has 0 aliphatic carbocycles. The number of esters is 1. The summed E-state index contributed by atoms with van der Waals surface area (Å²) in [7, 11) is 0. The summed E-state index contributed by atoms with van der Waals surface area (Å²) in [6.45, 7) is 4.96. The molecule has 4 amide bonds. The standard InChI is InChI=1S/C22H19N3O6/c1-3-10-25-20(28)16-9-6-14(11-17(16)21(25)29)22(30)31-12(2)19(27)24-15-7-4-13(5-8-15)18(23)26/h3-9,11-12H,1,10H2,2H3,(H2,23,26)(H,24,27)/t12-/m1/s1. The molecular formula is C22H19N3O6. The third-order valence-corrected chi connectivity index (χ3v) is 4.61. The number of rotatable bonds is 7. The van der Waals surface area contributed by atoms with Crippen molar-refractivity contribution in [2.45, 2.75) is 13.0 Å². The summed E-state index contributed by atoms with van der Waals surface area (Å²) in [5.74, 6) is -3.00. The number of carbonyl (C=O) groups is 5. The maximum Gasteiger partial charge on any atom is 0.338 e. The van der Waals surface area contributed by atoms with E-state index >= 15 is 0 Å². The van der Waals surface area contributed by atoms with Gasteiger partial charge in [-0.2, -0.15) is 0 Å². The fourth-order valence-corrected chi connectivity index (χ4v) is 2.96. The summed E-state index contributed by atoms with van der Waals surface area (Å²) in [4.78, 5) is 61.5. The lowest BCUT2D eigenvalue weighted by Crippen LogP contribution is -2.30. The molecule has 0 radical (unpaired) electrons. The smallest absolute Gasteiger partial charge is 0.338 e. The molecule has 2 aromatic carbocycles. The van der Waals surface area contributed by atoms with E-state index in [0.29, 0.717) is 5.69 Å². The zero-order valence-corrected chi connectivity index (χ0v) is 16.6. The number of hydrogen-bond acceptors (Lipinski definition) is 6. The molecule has 1 atom stereocenters. The predicted molar refractivity (Wildman–Crippen MR) is 110 cm³/mol. The molecule has 0 fully saturated rings. The maximum atomic E-state index is 12.4. The number of ether oxygens (including phenoxy) is 1. The molecule has 9 heteroatoms. The van der Waals surface area contributed by atoms with Gasteiger partial charge in [0.15, 0.2) is 6.10 Å². The molecule has 0 saturated heterocycles. The van der Waals surface area contributed by atoms with Gasteiger partial charge in [-0.05, 0) is 49.4 Å². The summed E-state index contributed by atoms with van der Waals surface area (Å²) < 4.78 is 5.18.